The Labute approximate surface area is 248 Å². The smallest absolute Gasteiger partial charge is 1.00 e. The number of nitrogens with zero attached hydrogens (tertiary/aromatic N) is 3. The minimum atomic E-state index is -10.7. The first kappa shape index (κ1) is 34.5. The summed E-state index contributed by atoms with van der Waals surface area (Å²) in [5.74, 6) is 0.624. The van der Waals surface area contributed by atoms with Gasteiger partial charge in [-0.3, -0.25) is 0 Å². The fraction of sp³-hybridized carbons (Fsp3) is 0. The van der Waals surface area contributed by atoms with Crippen molar-refractivity contribution in [1.29, 1.82) is 0 Å². The summed E-state index contributed by atoms with van der Waals surface area (Å²) in [6.45, 7) is 0. The molecule has 4 rings (SSSR count). The Balaban J connectivity index is 0.000000529. The van der Waals surface area contributed by atoms with Gasteiger partial charge in [-0.2, -0.15) is 0 Å². The van der Waals surface area contributed by atoms with E-state index in [4.69, 9.17) is 0 Å². The topological polar surface area (TPSA) is 37.6 Å². The van der Waals surface area contributed by atoms with Crippen LogP contribution in [-0.2, 0) is 19.8 Å². The zero-order valence-corrected chi connectivity index (χ0v) is 25.8. The van der Waals surface area contributed by atoms with Crippen LogP contribution in [0.3, 0.4) is 0 Å². The second-order valence-electron chi connectivity index (χ2n) is 6.56. The maximum absolute atomic E-state index is 10.7. The maximum atomic E-state index is 9.87. The summed E-state index contributed by atoms with van der Waals surface area (Å²) >= 11 is 2.20. The molecule has 0 aliphatic carbocycles. The van der Waals surface area contributed by atoms with Gasteiger partial charge < -0.3 is 24.0 Å². The zero-order valence-electron chi connectivity index (χ0n) is 18.1. The molecule has 0 saturated carbocycles. The van der Waals surface area contributed by atoms with Gasteiger partial charge in [-0.1, -0.05) is 78.9 Å². The second-order valence-corrected chi connectivity index (χ2v) is 9.72. The van der Waals surface area contributed by atoms with Gasteiger partial charge in [0, 0.05) is 9.77 Å². The largest absolute Gasteiger partial charge is 4.00 e. The molecule has 4 aromatic rings. The van der Waals surface area contributed by atoms with Crippen LogP contribution in [0, 0.1) is 3.57 Å². The van der Waals surface area contributed by atoms with Crippen molar-refractivity contribution in [2.24, 2.45) is 10.2 Å². The molecule has 0 amide bonds. The Kier molecular flexibility index (Phi) is 13.9. The second kappa shape index (κ2) is 14.5. The van der Waals surface area contributed by atoms with Crippen LogP contribution in [0.1, 0.15) is 0 Å². The van der Waals surface area contributed by atoms with Gasteiger partial charge in [-0.15, -0.1) is 10.2 Å². The molecule has 3 nitrogen and oxygen atoms in total. The van der Waals surface area contributed by atoms with Gasteiger partial charge in [0.25, 0.3) is 0 Å². The molecule has 0 saturated heterocycles. The number of pyridine rings is 1. The van der Waals surface area contributed by atoms with E-state index in [1.165, 1.54) is 11.1 Å². The van der Waals surface area contributed by atoms with E-state index in [0.717, 1.165) is 9.26 Å². The predicted molar refractivity (Wildman–Crippen MR) is 133 cm³/mol. The normalized spacial score (nSPS) is 12.2. The first-order valence-corrected chi connectivity index (χ1v) is 12.6. The number of azo groups is 1. The Hall–Kier alpha value is -1.48. The van der Waals surface area contributed by atoms with Crippen LogP contribution >= 0.6 is 30.4 Å². The number of benzene rings is 3. The van der Waals surface area contributed by atoms with Crippen molar-refractivity contribution in [3.63, 3.8) is 0 Å². The minimum Gasteiger partial charge on any atom is -1.00 e. The van der Waals surface area contributed by atoms with Crippen LogP contribution in [0.2, 0.25) is 0 Å². The minimum absolute atomic E-state index is 0. The van der Waals surface area contributed by atoms with Crippen molar-refractivity contribution in [3.05, 3.63) is 113 Å². The SMILES string of the molecule is F[P-](F)(F)(F)(F)F.Ic1ccc(N=Nc2ccccc2)nc1.[I-].[Os+4].c1ccc(-c2ccccc2)cc1. The number of rotatable bonds is 3. The van der Waals surface area contributed by atoms with E-state index >= 15 is 0 Å². The summed E-state index contributed by atoms with van der Waals surface area (Å²) in [4.78, 5) is 4.13. The number of hydrogen-bond donors (Lipinski definition) is 0. The van der Waals surface area contributed by atoms with E-state index in [1.807, 2.05) is 54.6 Å². The van der Waals surface area contributed by atoms with Crippen LogP contribution < -0.4 is 24.0 Å². The molecule has 0 unspecified atom stereocenters. The van der Waals surface area contributed by atoms with Crippen LogP contribution in [0.4, 0.5) is 36.7 Å². The van der Waals surface area contributed by atoms with Crippen LogP contribution in [0.25, 0.3) is 11.1 Å². The molecule has 36 heavy (non-hydrogen) atoms. The first-order valence-electron chi connectivity index (χ1n) is 9.51. The van der Waals surface area contributed by atoms with Crippen molar-refractivity contribution >= 4 is 41.9 Å². The number of hydrogen-bond acceptors (Lipinski definition) is 3. The third kappa shape index (κ3) is 18.7. The molecule has 0 radical (unpaired) electrons. The predicted octanol–water partition coefficient (Wildman–Crippen LogP) is 7.84. The van der Waals surface area contributed by atoms with Gasteiger partial charge in [-0.25, -0.2) is 4.98 Å². The molecular formula is C23H18F6I2N3OsP+2. The quantitative estimate of drug-likeness (QED) is 0.0895. The summed E-state index contributed by atoms with van der Waals surface area (Å²) in [6, 6.07) is 34.2. The average Bonchev–Trinajstić information content (AvgIpc) is 2.79. The van der Waals surface area contributed by atoms with Crippen LogP contribution in [0.15, 0.2) is 120 Å². The molecule has 3 aromatic carbocycles. The molecule has 0 aliphatic heterocycles. The Morgan fingerprint density at radius 1 is 0.583 bits per heavy atom. The molecular weight excluding hydrogens is 907 g/mol. The molecule has 13 heteroatoms. The van der Waals surface area contributed by atoms with E-state index in [1.54, 1.807) is 6.20 Å². The van der Waals surface area contributed by atoms with E-state index in [9.17, 15) is 25.2 Å². The molecule has 192 valence electrons. The number of halogens is 8. The summed E-state index contributed by atoms with van der Waals surface area (Å²) < 4.78 is 60.3. The Bertz CT molecular complexity index is 1140. The third-order valence-corrected chi connectivity index (χ3v) is 4.25. The zero-order chi connectivity index (χ0) is 25.1. The first-order chi connectivity index (χ1) is 15.8. The third-order valence-electron chi connectivity index (χ3n) is 3.62. The van der Waals surface area contributed by atoms with Gasteiger partial charge >= 0.3 is 52.8 Å². The molecule has 0 fully saturated rings. The molecule has 1 aromatic heterocycles. The van der Waals surface area contributed by atoms with Crippen LogP contribution in [0.5, 0.6) is 0 Å². The molecule has 0 aliphatic rings. The molecule has 0 N–H and O–H groups in total. The monoisotopic (exact) mass is 927 g/mol. The molecule has 0 bridgehead atoms. The van der Waals surface area contributed by atoms with Crippen LogP contribution in [-0.4, -0.2) is 4.98 Å². The number of aromatic nitrogens is 1. The standard InChI is InChI=1S/C12H10.C11H8IN3.F6P.HI.Os/c1-3-7-11(8-4-1)12-9-5-2-6-10-12;12-9-6-7-11(13-8-9)15-14-10-4-2-1-3-5-10;1-7(2,3,4,5)6;;/h1-10H;1-8H;;1H;/q;;-1;;+4/p-1. The van der Waals surface area contributed by atoms with Gasteiger partial charge in [0.2, 0.25) is 0 Å². The van der Waals surface area contributed by atoms with E-state index < -0.39 is 7.81 Å². The van der Waals surface area contributed by atoms with Crippen molar-refractivity contribution in [2.75, 3.05) is 0 Å². The van der Waals surface area contributed by atoms with Crippen molar-refractivity contribution in [3.8, 4) is 11.1 Å². The molecule has 0 spiro atoms. The van der Waals surface area contributed by atoms with Crippen molar-refractivity contribution < 1.29 is 68.9 Å². The fourth-order valence-electron chi connectivity index (χ4n) is 2.29. The Morgan fingerprint density at radius 2 is 0.972 bits per heavy atom. The molecule has 1 heterocycles. The van der Waals surface area contributed by atoms with E-state index in [-0.39, 0.29) is 43.8 Å². The average molecular weight is 925 g/mol. The van der Waals surface area contributed by atoms with E-state index in [2.05, 4.69) is 86.3 Å². The van der Waals surface area contributed by atoms with Gasteiger partial charge in [0.15, 0.2) is 5.82 Å². The van der Waals surface area contributed by atoms with Gasteiger partial charge in [-0.05, 0) is 58.0 Å². The molecule has 0 atom stereocenters. The van der Waals surface area contributed by atoms with Gasteiger partial charge in [0.1, 0.15) is 0 Å². The van der Waals surface area contributed by atoms with E-state index in [0.29, 0.717) is 5.82 Å². The summed E-state index contributed by atoms with van der Waals surface area (Å²) in [5.41, 5.74) is 3.38. The van der Waals surface area contributed by atoms with Gasteiger partial charge in [0.05, 0.1) is 5.69 Å². The summed E-state index contributed by atoms with van der Waals surface area (Å²) in [5, 5.41) is 8.09. The van der Waals surface area contributed by atoms with Crippen molar-refractivity contribution in [2.45, 2.75) is 0 Å². The maximum Gasteiger partial charge on any atom is 4.00 e. The Morgan fingerprint density at radius 3 is 1.33 bits per heavy atom. The van der Waals surface area contributed by atoms with Crippen molar-refractivity contribution in [1.82, 2.24) is 4.98 Å². The fourth-order valence-corrected chi connectivity index (χ4v) is 2.61. The summed E-state index contributed by atoms with van der Waals surface area (Å²) in [6.07, 6.45) is 1.76. The summed E-state index contributed by atoms with van der Waals surface area (Å²) in [7, 11) is -10.7.